The minimum absolute atomic E-state index is 0.182. The van der Waals surface area contributed by atoms with Crippen molar-refractivity contribution in [1.82, 2.24) is 9.80 Å². The fraction of sp³-hybridized carbons (Fsp3) is 0.591. The molecule has 2 aliphatic heterocycles. The molecule has 2 fully saturated rings. The summed E-state index contributed by atoms with van der Waals surface area (Å²) >= 11 is 0. The summed E-state index contributed by atoms with van der Waals surface area (Å²) in [7, 11) is 1.36. The van der Waals surface area contributed by atoms with Gasteiger partial charge in [-0.1, -0.05) is 65.8 Å². The predicted octanol–water partition coefficient (Wildman–Crippen LogP) is 13.0. The van der Waals surface area contributed by atoms with Gasteiger partial charge in [-0.25, -0.2) is 8.78 Å². The molecule has 82 heavy (non-hydrogen) atoms. The van der Waals surface area contributed by atoms with Crippen LogP contribution >= 0.6 is 0 Å². The Bertz CT molecular complexity index is 2420. The number of anilines is 2. The van der Waals surface area contributed by atoms with Crippen LogP contribution in [0.15, 0.2) is 107 Å². The van der Waals surface area contributed by atoms with Gasteiger partial charge in [0.05, 0.1) is 0 Å². The molecular formula is C66H99B2F2N7O5. The molecule has 12 nitrogen and oxygen atoms in total. The Labute approximate surface area is 493 Å². The number of rotatable bonds is 31. The second-order valence-corrected chi connectivity index (χ2v) is 24.5. The van der Waals surface area contributed by atoms with Gasteiger partial charge in [-0.2, -0.15) is 0 Å². The third-order valence-corrected chi connectivity index (χ3v) is 14.9. The first-order valence-corrected chi connectivity index (χ1v) is 30.4. The molecule has 3 atom stereocenters. The van der Waals surface area contributed by atoms with E-state index in [4.69, 9.17) is 15.2 Å². The van der Waals surface area contributed by atoms with E-state index < -0.39 is 0 Å². The SMILES string of the molecule is CC(C)CCN(c1ccc(OCc2ccc(F)cc2)cc1)C1CCN(C[C@@H](N)CC(C)C)CC1.CC(C)CCN(c1ccc(OCc2ccc(F)cc2)cc1)C1CCN(C[C@H](CC(C)C)N=CB=O)CC1.CC(C)C[C@@H](C=O)N=CB=O. The van der Waals surface area contributed by atoms with Crippen LogP contribution in [0.1, 0.15) is 138 Å². The van der Waals surface area contributed by atoms with Gasteiger partial charge in [0.1, 0.15) is 36.3 Å². The van der Waals surface area contributed by atoms with Gasteiger partial charge in [0.2, 0.25) is 0 Å². The standard InChI is InChI=1S/C30H43BFN3O2.C29H44FN3O.C7H12BNO2/c1-23(2)13-18-35(28-9-11-30(12-10-28)37-21-25-5-7-26(32)8-6-25)29-14-16-34(17-15-29)20-27(19-24(3)4)33-22-31-36;1-22(2)13-18-33(28-14-16-32(17-15-28)20-26(31)19-23(3)4)27-9-11-29(12-10-27)34-21-24-5-7-25(30)8-6-24;1-6(2)3-7(4-10)9-5-8-11/h5-12,22-24,27,29H,13-21H2,1-4H3;5-12,22-23,26,28H,13-21,31H2,1-4H3;4-7H,3H2,1-2H3/t27-;26-;7-/m000/s1. The van der Waals surface area contributed by atoms with Crippen molar-refractivity contribution in [3.63, 3.8) is 0 Å². The van der Waals surface area contributed by atoms with Crippen LogP contribution in [0.5, 0.6) is 11.5 Å². The van der Waals surface area contributed by atoms with Crippen molar-refractivity contribution in [3.8, 4) is 11.5 Å². The van der Waals surface area contributed by atoms with Gasteiger partial charge in [-0.3, -0.25) is 0 Å². The summed E-state index contributed by atoms with van der Waals surface area (Å²) in [6.07, 6.45) is 13.0. The molecule has 0 spiro atoms. The van der Waals surface area contributed by atoms with E-state index in [0.29, 0.717) is 68.5 Å². The fourth-order valence-corrected chi connectivity index (χ4v) is 10.6. The second kappa shape index (κ2) is 38.4. The summed E-state index contributed by atoms with van der Waals surface area (Å²) in [6, 6.07) is 31.0. The van der Waals surface area contributed by atoms with Gasteiger partial charge in [-0.15, -0.1) is 0 Å². The Hall–Kier alpha value is -5.44. The monoisotopic (exact) mass is 1130 g/mol. The van der Waals surface area contributed by atoms with E-state index in [-0.39, 0.29) is 29.8 Å². The van der Waals surface area contributed by atoms with Crippen LogP contribution in [0.2, 0.25) is 0 Å². The molecule has 0 saturated carbocycles. The van der Waals surface area contributed by atoms with Crippen molar-refractivity contribution in [1.29, 1.82) is 0 Å². The third-order valence-electron chi connectivity index (χ3n) is 14.9. The van der Waals surface area contributed by atoms with Gasteiger partial charge in [0.25, 0.3) is 0 Å². The predicted molar refractivity (Wildman–Crippen MR) is 337 cm³/mol. The zero-order valence-electron chi connectivity index (χ0n) is 51.4. The molecule has 4 aromatic rings. The Morgan fingerprint density at radius 2 is 0.939 bits per heavy atom. The number of nitrogens with zero attached hydrogens (tertiary/aromatic N) is 6. The van der Waals surface area contributed by atoms with E-state index in [1.807, 2.05) is 26.0 Å². The quantitative estimate of drug-likeness (QED) is 0.0295. The van der Waals surface area contributed by atoms with Gasteiger partial charge < -0.3 is 25.0 Å². The molecule has 6 rings (SSSR count). The number of hydrogen-bond acceptors (Lipinski definition) is 12. The van der Waals surface area contributed by atoms with Gasteiger partial charge in [0, 0.05) is 44.0 Å². The fourth-order valence-electron chi connectivity index (χ4n) is 10.6. The topological polar surface area (TPSA) is 133 Å². The molecule has 2 heterocycles. The molecule has 0 aliphatic carbocycles. The van der Waals surface area contributed by atoms with Crippen molar-refractivity contribution in [2.75, 3.05) is 62.2 Å². The number of piperidine rings is 2. The maximum absolute atomic E-state index is 13.1. The van der Waals surface area contributed by atoms with Crippen molar-refractivity contribution in [2.24, 2.45) is 45.3 Å². The number of nitrogens with two attached hydrogens (primary N) is 1. The molecule has 0 aromatic heterocycles. The first kappa shape index (κ1) is 69.1. The van der Waals surface area contributed by atoms with E-state index in [1.165, 1.54) is 61.0 Å². The summed E-state index contributed by atoms with van der Waals surface area (Å²) in [5.74, 6) is 4.16. The Morgan fingerprint density at radius 1 is 0.549 bits per heavy atom. The van der Waals surface area contributed by atoms with E-state index >= 15 is 0 Å². The number of hydrogen-bond donors (Lipinski definition) is 1. The van der Waals surface area contributed by atoms with Crippen LogP contribution in [0.3, 0.4) is 0 Å². The molecule has 2 aliphatic rings. The number of carbonyl (C=O) groups excluding carboxylic acids is 1. The van der Waals surface area contributed by atoms with Crippen LogP contribution in [0.25, 0.3) is 0 Å². The average Bonchev–Trinajstić information content (AvgIpc) is 3.44. The normalized spacial score (nSPS) is 15.7. The van der Waals surface area contributed by atoms with Crippen molar-refractivity contribution >= 4 is 44.2 Å². The van der Waals surface area contributed by atoms with E-state index in [1.54, 1.807) is 24.3 Å². The molecule has 0 radical (unpaired) electrons. The number of benzene rings is 4. The summed E-state index contributed by atoms with van der Waals surface area (Å²) < 4.78 is 58.7. The zero-order valence-corrected chi connectivity index (χ0v) is 51.4. The van der Waals surface area contributed by atoms with E-state index in [9.17, 15) is 23.0 Å². The molecule has 4 aromatic carbocycles. The molecular weight excluding hydrogens is 1030 g/mol. The van der Waals surface area contributed by atoms with Crippen LogP contribution in [0.4, 0.5) is 20.2 Å². The summed E-state index contributed by atoms with van der Waals surface area (Å²) in [5.41, 5.74) is 10.8. The number of aldehydes is 1. The molecule has 2 saturated heterocycles. The summed E-state index contributed by atoms with van der Waals surface area (Å²) in [5, 5.41) is 0. The molecule has 16 heteroatoms. The Balaban J connectivity index is 0.000000299. The number of aliphatic imine (C=N–C) groups is 2. The van der Waals surface area contributed by atoms with Gasteiger partial charge >= 0.3 is 219 Å². The first-order valence-electron chi connectivity index (χ1n) is 30.4. The molecule has 448 valence electrons. The Morgan fingerprint density at radius 3 is 1.30 bits per heavy atom. The Kier molecular flexibility index (Phi) is 32.4. The number of ether oxygens (including phenoxy) is 2. The van der Waals surface area contributed by atoms with Crippen LogP contribution in [-0.2, 0) is 27.4 Å². The minimum atomic E-state index is -0.347. The molecule has 0 bridgehead atoms. The average molecular weight is 1130 g/mol. The second-order valence-electron chi connectivity index (χ2n) is 24.5. The van der Waals surface area contributed by atoms with E-state index in [0.717, 1.165) is 127 Å². The van der Waals surface area contributed by atoms with Gasteiger partial charge in [0.15, 0.2) is 0 Å². The van der Waals surface area contributed by atoms with Crippen LogP contribution in [0, 0.1) is 41.2 Å². The van der Waals surface area contributed by atoms with Crippen molar-refractivity contribution < 1.29 is 32.5 Å². The number of halogens is 2. The zero-order chi connectivity index (χ0) is 59.8. The third kappa shape index (κ3) is 27.8. The van der Waals surface area contributed by atoms with Crippen molar-refractivity contribution in [2.45, 2.75) is 170 Å². The van der Waals surface area contributed by atoms with E-state index in [2.05, 4.69) is 121 Å². The summed E-state index contributed by atoms with van der Waals surface area (Å²) in [4.78, 5) is 28.8. The van der Waals surface area contributed by atoms with Crippen LogP contribution in [-0.4, -0.2) is 125 Å². The summed E-state index contributed by atoms with van der Waals surface area (Å²) in [6.45, 7) is 31.3. The molecule has 0 amide bonds. The molecule has 2 N–H and O–H groups in total. The van der Waals surface area contributed by atoms with Gasteiger partial charge in [-0.05, 0) is 97.2 Å². The van der Waals surface area contributed by atoms with Crippen molar-refractivity contribution in [3.05, 3.63) is 120 Å². The molecule has 0 unspecified atom stereocenters. The van der Waals surface area contributed by atoms with Crippen LogP contribution < -0.4 is 25.0 Å². The first-order chi connectivity index (χ1) is 39.3. The number of carbonyl (C=O) groups is 1. The maximum atomic E-state index is 13.1. The number of likely N-dealkylation sites (tertiary alicyclic amines) is 2.